The van der Waals surface area contributed by atoms with Crippen LogP contribution in [0, 0.1) is 0 Å². The number of nitrogens with zero attached hydrogens (tertiary/aromatic N) is 4. The third-order valence-electron chi connectivity index (χ3n) is 1.72. The van der Waals surface area contributed by atoms with Gasteiger partial charge in [0, 0.05) is 30.1 Å². The summed E-state index contributed by atoms with van der Waals surface area (Å²) in [6.07, 6.45) is 3.70. The second-order valence-electron chi connectivity index (χ2n) is 2.92. The SMILES string of the molecule is CC1=CN(Sc2nncn2C)C(N)S1. The number of nitrogens with two attached hydrogens (primary N) is 1. The highest BCUT2D eigenvalue weighted by molar-refractivity contribution is 8.05. The Balaban J connectivity index is 2.08. The van der Waals surface area contributed by atoms with Crippen molar-refractivity contribution in [3.63, 3.8) is 0 Å². The second kappa shape index (κ2) is 3.84. The first-order chi connectivity index (χ1) is 6.66. The molecule has 0 saturated heterocycles. The molecule has 1 aliphatic heterocycles. The molecule has 0 aliphatic carbocycles. The normalized spacial score (nSPS) is 21.5. The summed E-state index contributed by atoms with van der Waals surface area (Å²) >= 11 is 3.14. The molecule has 5 nitrogen and oxygen atoms in total. The summed E-state index contributed by atoms with van der Waals surface area (Å²) in [5.41, 5.74) is 5.86. The van der Waals surface area contributed by atoms with Crippen LogP contribution < -0.4 is 5.73 Å². The van der Waals surface area contributed by atoms with Gasteiger partial charge in [-0.3, -0.25) is 4.31 Å². The van der Waals surface area contributed by atoms with Crippen molar-refractivity contribution < 1.29 is 0 Å². The van der Waals surface area contributed by atoms with Crippen molar-refractivity contribution in [2.24, 2.45) is 12.8 Å². The lowest BCUT2D eigenvalue weighted by atomic mass is 10.7. The Morgan fingerprint density at radius 3 is 2.93 bits per heavy atom. The van der Waals surface area contributed by atoms with Gasteiger partial charge >= 0.3 is 0 Å². The van der Waals surface area contributed by atoms with Crippen LogP contribution in [0.15, 0.2) is 22.6 Å². The van der Waals surface area contributed by atoms with Crippen molar-refractivity contribution in [2.45, 2.75) is 17.6 Å². The van der Waals surface area contributed by atoms with E-state index < -0.39 is 0 Å². The van der Waals surface area contributed by atoms with Gasteiger partial charge in [0.25, 0.3) is 0 Å². The molecule has 2 N–H and O–H groups in total. The molecule has 2 heterocycles. The fourth-order valence-electron chi connectivity index (χ4n) is 1.05. The van der Waals surface area contributed by atoms with Gasteiger partial charge in [0.05, 0.1) is 0 Å². The summed E-state index contributed by atoms with van der Waals surface area (Å²) in [4.78, 5) is 1.21. The molecule has 1 unspecified atom stereocenters. The third kappa shape index (κ3) is 1.89. The van der Waals surface area contributed by atoms with Gasteiger partial charge in [-0.25, -0.2) is 0 Å². The fraction of sp³-hybridized carbons (Fsp3) is 0.429. The first kappa shape index (κ1) is 9.88. The van der Waals surface area contributed by atoms with Crippen molar-refractivity contribution >= 4 is 23.7 Å². The molecule has 1 atom stereocenters. The van der Waals surface area contributed by atoms with Crippen molar-refractivity contribution in [3.8, 4) is 0 Å². The Hall–Kier alpha value is -0.660. The molecule has 76 valence electrons. The van der Waals surface area contributed by atoms with Crippen molar-refractivity contribution in [2.75, 3.05) is 0 Å². The number of hydrogen-bond donors (Lipinski definition) is 1. The monoisotopic (exact) mass is 229 g/mol. The standard InChI is InChI=1S/C7H11N5S2/c1-5-3-12(6(8)13-5)14-7-10-9-4-11(7)2/h3-4,6H,8H2,1-2H3. The van der Waals surface area contributed by atoms with E-state index in [1.165, 1.54) is 16.9 Å². The zero-order valence-corrected chi connectivity index (χ0v) is 9.55. The average Bonchev–Trinajstić information content (AvgIpc) is 2.62. The van der Waals surface area contributed by atoms with E-state index >= 15 is 0 Å². The molecule has 1 aromatic rings. The van der Waals surface area contributed by atoms with E-state index in [4.69, 9.17) is 5.73 Å². The van der Waals surface area contributed by atoms with Crippen molar-refractivity contribution in [1.82, 2.24) is 19.1 Å². The Morgan fingerprint density at radius 1 is 1.64 bits per heavy atom. The molecule has 0 bridgehead atoms. The molecule has 1 aromatic heterocycles. The fourth-order valence-corrected chi connectivity index (χ4v) is 2.86. The maximum atomic E-state index is 5.89. The van der Waals surface area contributed by atoms with E-state index in [1.807, 2.05) is 29.0 Å². The summed E-state index contributed by atoms with van der Waals surface area (Å²) < 4.78 is 3.84. The summed E-state index contributed by atoms with van der Waals surface area (Å²) in [6.45, 7) is 2.04. The summed E-state index contributed by atoms with van der Waals surface area (Å²) in [7, 11) is 1.91. The Kier molecular flexibility index (Phi) is 2.71. The Morgan fingerprint density at radius 2 is 2.43 bits per heavy atom. The summed E-state index contributed by atoms with van der Waals surface area (Å²) in [5, 5.41) is 8.62. The average molecular weight is 229 g/mol. The predicted octanol–water partition coefficient (Wildman–Crippen LogP) is 0.975. The smallest absolute Gasteiger partial charge is 0.211 e. The predicted molar refractivity (Wildman–Crippen MR) is 58.0 cm³/mol. The molecule has 7 heteroatoms. The van der Waals surface area contributed by atoms with Gasteiger partial charge in [-0.15, -0.1) is 10.2 Å². The van der Waals surface area contributed by atoms with Crippen LogP contribution in [0.1, 0.15) is 6.92 Å². The van der Waals surface area contributed by atoms with Crippen LogP contribution in [0.5, 0.6) is 0 Å². The quantitative estimate of drug-likeness (QED) is 0.763. The minimum absolute atomic E-state index is 0.0308. The van der Waals surface area contributed by atoms with Crippen molar-refractivity contribution in [1.29, 1.82) is 0 Å². The first-order valence-electron chi connectivity index (χ1n) is 4.08. The number of allylic oxidation sites excluding steroid dienone is 1. The Labute approximate surface area is 90.9 Å². The molecule has 0 amide bonds. The van der Waals surface area contributed by atoms with E-state index in [0.717, 1.165) is 5.16 Å². The summed E-state index contributed by atoms with van der Waals surface area (Å²) in [6, 6.07) is 0. The van der Waals surface area contributed by atoms with E-state index in [0.29, 0.717) is 0 Å². The van der Waals surface area contributed by atoms with E-state index in [2.05, 4.69) is 10.2 Å². The number of thioether (sulfide) groups is 1. The van der Waals surface area contributed by atoms with Gasteiger partial charge < -0.3 is 10.3 Å². The van der Waals surface area contributed by atoms with Gasteiger partial charge in [0.2, 0.25) is 5.16 Å². The Bertz CT molecular complexity index is 361. The van der Waals surface area contributed by atoms with Crippen LogP contribution in [0.25, 0.3) is 0 Å². The molecule has 14 heavy (non-hydrogen) atoms. The summed E-state index contributed by atoms with van der Waals surface area (Å²) in [5.74, 6) is 0. The van der Waals surface area contributed by atoms with Crippen LogP contribution in [0.3, 0.4) is 0 Å². The molecular formula is C7H11N5S2. The number of aromatic nitrogens is 3. The lowest BCUT2D eigenvalue weighted by Crippen LogP contribution is -2.27. The molecule has 0 fully saturated rings. The van der Waals surface area contributed by atoms with E-state index in [-0.39, 0.29) is 5.50 Å². The number of rotatable bonds is 2. The van der Waals surface area contributed by atoms with Gasteiger partial charge in [-0.2, -0.15) is 0 Å². The van der Waals surface area contributed by atoms with Crippen LogP contribution >= 0.6 is 23.7 Å². The maximum Gasteiger partial charge on any atom is 0.211 e. The van der Waals surface area contributed by atoms with Crippen molar-refractivity contribution in [3.05, 3.63) is 17.4 Å². The van der Waals surface area contributed by atoms with E-state index in [9.17, 15) is 0 Å². The van der Waals surface area contributed by atoms with Gasteiger partial charge in [-0.05, 0) is 6.92 Å². The van der Waals surface area contributed by atoms with Gasteiger partial charge in [-0.1, -0.05) is 11.8 Å². The van der Waals surface area contributed by atoms with Gasteiger partial charge in [0.15, 0.2) is 0 Å². The minimum Gasteiger partial charge on any atom is -0.310 e. The lowest BCUT2D eigenvalue weighted by molar-refractivity contribution is 0.596. The van der Waals surface area contributed by atoms with E-state index in [1.54, 1.807) is 18.1 Å². The highest BCUT2D eigenvalue weighted by Crippen LogP contribution is 2.35. The number of hydrogen-bond acceptors (Lipinski definition) is 6. The largest absolute Gasteiger partial charge is 0.310 e. The third-order valence-corrected chi connectivity index (χ3v) is 3.88. The highest BCUT2D eigenvalue weighted by Gasteiger charge is 2.21. The molecule has 0 radical (unpaired) electrons. The second-order valence-corrected chi connectivity index (χ2v) is 5.26. The van der Waals surface area contributed by atoms with Crippen LogP contribution in [-0.2, 0) is 7.05 Å². The molecule has 1 aliphatic rings. The minimum atomic E-state index is -0.0308. The molecular weight excluding hydrogens is 218 g/mol. The van der Waals surface area contributed by atoms with Crippen LogP contribution in [0.2, 0.25) is 0 Å². The van der Waals surface area contributed by atoms with Crippen LogP contribution in [-0.4, -0.2) is 24.6 Å². The van der Waals surface area contributed by atoms with Crippen LogP contribution in [0.4, 0.5) is 0 Å². The first-order valence-corrected chi connectivity index (χ1v) is 5.73. The highest BCUT2D eigenvalue weighted by atomic mass is 32.2. The number of aryl methyl sites for hydroxylation is 1. The lowest BCUT2D eigenvalue weighted by Gasteiger charge is -2.17. The molecule has 0 spiro atoms. The molecule has 0 aromatic carbocycles. The zero-order valence-electron chi connectivity index (χ0n) is 7.91. The van der Waals surface area contributed by atoms with Gasteiger partial charge in [0.1, 0.15) is 11.8 Å². The topological polar surface area (TPSA) is 60.0 Å². The molecule has 0 saturated carbocycles. The maximum absolute atomic E-state index is 5.89. The molecule has 2 rings (SSSR count). The zero-order chi connectivity index (χ0) is 10.1.